The van der Waals surface area contributed by atoms with Crippen LogP contribution in [0.2, 0.25) is 5.02 Å². The molecule has 0 saturated heterocycles. The number of phenols is 1. The number of nitrogen functional groups attached to an aromatic ring is 1. The van der Waals surface area contributed by atoms with Gasteiger partial charge in [0.1, 0.15) is 11.4 Å². The zero-order valence-corrected chi connectivity index (χ0v) is 11.1. The van der Waals surface area contributed by atoms with Gasteiger partial charge < -0.3 is 10.8 Å². The summed E-state index contributed by atoms with van der Waals surface area (Å²) in [5.74, 6) is 0.110. The SMILES string of the molecule is Nc1ccc(-n2cc(-c3cc(Cl)ccc3O)nn2)cc1. The molecule has 0 aliphatic rings. The minimum atomic E-state index is 0.110. The maximum atomic E-state index is 9.85. The lowest BCUT2D eigenvalue weighted by molar-refractivity contribution is 0.477. The van der Waals surface area contributed by atoms with Crippen molar-refractivity contribution in [2.24, 2.45) is 0 Å². The second-order valence-corrected chi connectivity index (χ2v) is 4.74. The van der Waals surface area contributed by atoms with Crippen LogP contribution >= 0.6 is 11.6 Å². The molecule has 1 aromatic heterocycles. The molecule has 0 atom stereocenters. The van der Waals surface area contributed by atoms with E-state index < -0.39 is 0 Å². The Morgan fingerprint density at radius 1 is 1.10 bits per heavy atom. The van der Waals surface area contributed by atoms with Crippen molar-refractivity contribution < 1.29 is 5.11 Å². The fourth-order valence-corrected chi connectivity index (χ4v) is 2.03. The lowest BCUT2D eigenvalue weighted by atomic mass is 10.1. The third-order valence-electron chi connectivity index (χ3n) is 2.89. The highest BCUT2D eigenvalue weighted by Gasteiger charge is 2.10. The first-order chi connectivity index (χ1) is 9.63. The number of rotatable bonds is 2. The van der Waals surface area contributed by atoms with Crippen LogP contribution in [0.25, 0.3) is 16.9 Å². The monoisotopic (exact) mass is 286 g/mol. The summed E-state index contributed by atoms with van der Waals surface area (Å²) in [6.07, 6.45) is 1.72. The first-order valence-electron chi connectivity index (χ1n) is 5.90. The molecule has 0 spiro atoms. The molecule has 0 fully saturated rings. The molecular formula is C14H11ClN4O. The summed E-state index contributed by atoms with van der Waals surface area (Å²) in [6.45, 7) is 0. The van der Waals surface area contributed by atoms with Crippen LogP contribution in [0.1, 0.15) is 0 Å². The summed E-state index contributed by atoms with van der Waals surface area (Å²) in [5.41, 5.74) is 8.24. The summed E-state index contributed by atoms with van der Waals surface area (Å²) < 4.78 is 1.61. The Kier molecular flexibility index (Phi) is 3.04. The summed E-state index contributed by atoms with van der Waals surface area (Å²) in [6, 6.07) is 12.0. The number of nitrogens with two attached hydrogens (primary N) is 1. The third-order valence-corrected chi connectivity index (χ3v) is 3.12. The average molecular weight is 287 g/mol. The van der Waals surface area contributed by atoms with E-state index in [0.29, 0.717) is 22.0 Å². The van der Waals surface area contributed by atoms with E-state index >= 15 is 0 Å². The molecule has 0 bridgehead atoms. The summed E-state index contributed by atoms with van der Waals surface area (Å²) in [4.78, 5) is 0. The van der Waals surface area contributed by atoms with Gasteiger partial charge in [-0.3, -0.25) is 0 Å². The van der Waals surface area contributed by atoms with E-state index in [2.05, 4.69) is 10.3 Å². The van der Waals surface area contributed by atoms with E-state index in [1.807, 2.05) is 12.1 Å². The molecule has 0 saturated carbocycles. The first-order valence-corrected chi connectivity index (χ1v) is 6.28. The van der Waals surface area contributed by atoms with Gasteiger partial charge in [0.2, 0.25) is 0 Å². The van der Waals surface area contributed by atoms with Gasteiger partial charge in [0.05, 0.1) is 11.9 Å². The molecule has 100 valence electrons. The molecule has 0 amide bonds. The van der Waals surface area contributed by atoms with E-state index in [1.165, 1.54) is 6.07 Å². The Bertz CT molecular complexity index is 752. The van der Waals surface area contributed by atoms with E-state index in [-0.39, 0.29) is 5.75 Å². The number of phenolic OH excluding ortho intramolecular Hbond substituents is 1. The van der Waals surface area contributed by atoms with Gasteiger partial charge in [-0.2, -0.15) is 0 Å². The highest BCUT2D eigenvalue weighted by molar-refractivity contribution is 6.30. The summed E-state index contributed by atoms with van der Waals surface area (Å²) in [5, 5.41) is 18.5. The van der Waals surface area contributed by atoms with Gasteiger partial charge in [-0.15, -0.1) is 5.10 Å². The molecule has 0 aliphatic heterocycles. The van der Waals surface area contributed by atoms with Gasteiger partial charge >= 0.3 is 0 Å². The molecule has 0 aliphatic carbocycles. The predicted octanol–water partition coefficient (Wildman–Crippen LogP) is 2.88. The van der Waals surface area contributed by atoms with Crippen molar-refractivity contribution in [2.45, 2.75) is 0 Å². The maximum absolute atomic E-state index is 9.85. The van der Waals surface area contributed by atoms with E-state index in [9.17, 15) is 5.11 Å². The molecule has 20 heavy (non-hydrogen) atoms. The van der Waals surface area contributed by atoms with Gasteiger partial charge in [-0.05, 0) is 42.5 Å². The topological polar surface area (TPSA) is 77.0 Å². The van der Waals surface area contributed by atoms with E-state index in [1.54, 1.807) is 35.1 Å². The van der Waals surface area contributed by atoms with Crippen LogP contribution in [0.4, 0.5) is 5.69 Å². The Morgan fingerprint density at radius 3 is 2.60 bits per heavy atom. The van der Waals surface area contributed by atoms with Gasteiger partial charge in [0.15, 0.2) is 0 Å². The Morgan fingerprint density at radius 2 is 1.85 bits per heavy atom. The van der Waals surface area contributed by atoms with Crippen LogP contribution in [0.3, 0.4) is 0 Å². The van der Waals surface area contributed by atoms with Crippen molar-refractivity contribution in [3.8, 4) is 22.7 Å². The molecule has 6 heteroatoms. The van der Waals surface area contributed by atoms with Crippen LogP contribution in [0, 0.1) is 0 Å². The van der Waals surface area contributed by atoms with Gasteiger partial charge in [-0.1, -0.05) is 16.8 Å². The Balaban J connectivity index is 2.01. The summed E-state index contributed by atoms with van der Waals surface area (Å²) >= 11 is 5.93. The molecule has 0 unspecified atom stereocenters. The predicted molar refractivity (Wildman–Crippen MR) is 77.9 cm³/mol. The third kappa shape index (κ3) is 2.31. The zero-order chi connectivity index (χ0) is 14.1. The molecule has 1 heterocycles. The number of halogens is 1. The Hall–Kier alpha value is -2.53. The quantitative estimate of drug-likeness (QED) is 0.710. The minimum absolute atomic E-state index is 0.110. The van der Waals surface area contributed by atoms with Crippen molar-refractivity contribution in [3.63, 3.8) is 0 Å². The number of hydrogen-bond donors (Lipinski definition) is 2. The fraction of sp³-hybridized carbons (Fsp3) is 0. The molecule has 3 aromatic rings. The van der Waals surface area contributed by atoms with Crippen LogP contribution in [0.5, 0.6) is 5.75 Å². The van der Waals surface area contributed by atoms with Crippen LogP contribution in [-0.4, -0.2) is 20.1 Å². The molecule has 3 rings (SSSR count). The van der Waals surface area contributed by atoms with Crippen molar-refractivity contribution >= 4 is 17.3 Å². The van der Waals surface area contributed by atoms with E-state index in [0.717, 1.165) is 5.69 Å². The number of aromatic hydroxyl groups is 1. The highest BCUT2D eigenvalue weighted by Crippen LogP contribution is 2.30. The number of aromatic nitrogens is 3. The van der Waals surface area contributed by atoms with Crippen LogP contribution in [-0.2, 0) is 0 Å². The second-order valence-electron chi connectivity index (χ2n) is 4.30. The molecule has 2 aromatic carbocycles. The minimum Gasteiger partial charge on any atom is -0.507 e. The fourth-order valence-electron chi connectivity index (χ4n) is 1.85. The normalized spacial score (nSPS) is 10.7. The standard InChI is InChI=1S/C14H11ClN4O/c15-9-1-6-14(20)12(7-9)13-8-19(18-17-13)11-4-2-10(16)3-5-11/h1-8,20H,16H2. The highest BCUT2D eigenvalue weighted by atomic mass is 35.5. The van der Waals surface area contributed by atoms with Crippen molar-refractivity contribution in [2.75, 3.05) is 5.73 Å². The lowest BCUT2D eigenvalue weighted by Gasteiger charge is -2.01. The van der Waals surface area contributed by atoms with Crippen molar-refractivity contribution in [3.05, 3.63) is 53.7 Å². The van der Waals surface area contributed by atoms with Crippen molar-refractivity contribution in [1.29, 1.82) is 0 Å². The molecule has 0 radical (unpaired) electrons. The average Bonchev–Trinajstić information content (AvgIpc) is 2.92. The summed E-state index contributed by atoms with van der Waals surface area (Å²) in [7, 11) is 0. The number of anilines is 1. The van der Waals surface area contributed by atoms with Crippen molar-refractivity contribution in [1.82, 2.24) is 15.0 Å². The molecule has 3 N–H and O–H groups in total. The van der Waals surface area contributed by atoms with Gasteiger partial charge in [0, 0.05) is 16.3 Å². The first kappa shape index (κ1) is 12.5. The lowest BCUT2D eigenvalue weighted by Crippen LogP contribution is -1.95. The maximum Gasteiger partial charge on any atom is 0.125 e. The second kappa shape index (κ2) is 4.86. The molecular weight excluding hydrogens is 276 g/mol. The number of nitrogens with zero attached hydrogens (tertiary/aromatic N) is 3. The van der Waals surface area contributed by atoms with E-state index in [4.69, 9.17) is 17.3 Å². The smallest absolute Gasteiger partial charge is 0.125 e. The van der Waals surface area contributed by atoms with Crippen LogP contribution in [0.15, 0.2) is 48.7 Å². The van der Waals surface area contributed by atoms with Gasteiger partial charge in [-0.25, -0.2) is 4.68 Å². The van der Waals surface area contributed by atoms with Crippen LogP contribution < -0.4 is 5.73 Å². The Labute approximate surface area is 120 Å². The zero-order valence-electron chi connectivity index (χ0n) is 10.4. The largest absolute Gasteiger partial charge is 0.507 e. The molecule has 5 nitrogen and oxygen atoms in total. The number of benzene rings is 2. The van der Waals surface area contributed by atoms with Gasteiger partial charge in [0.25, 0.3) is 0 Å². The number of hydrogen-bond acceptors (Lipinski definition) is 4.